The maximum atomic E-state index is 14.4. The topological polar surface area (TPSA) is 101 Å². The number of benzene rings is 2. The van der Waals surface area contributed by atoms with E-state index in [1.54, 1.807) is 17.4 Å². The molecule has 0 unspecified atom stereocenters. The first-order valence-electron chi connectivity index (χ1n) is 14.7. The summed E-state index contributed by atoms with van der Waals surface area (Å²) in [6.45, 7) is 5.02. The van der Waals surface area contributed by atoms with E-state index in [1.165, 1.54) is 6.07 Å². The smallest absolute Gasteiger partial charge is 0.409 e. The van der Waals surface area contributed by atoms with E-state index in [1.807, 2.05) is 35.8 Å². The van der Waals surface area contributed by atoms with E-state index in [9.17, 15) is 18.4 Å². The summed E-state index contributed by atoms with van der Waals surface area (Å²) < 4.78 is 35.0. The molecule has 11 heteroatoms. The molecule has 0 bridgehead atoms. The highest BCUT2D eigenvalue weighted by molar-refractivity contribution is 5.94. The summed E-state index contributed by atoms with van der Waals surface area (Å²) in [7, 11) is 0. The highest BCUT2D eigenvalue weighted by Gasteiger charge is 2.27. The standard InChI is InChI=1S/C31H38F2N6O3/c1-2-6-27(36-24-10-9-21-15-23(32)16-26(33)25(21)17-24)30(40)37-29-19-39(20-35-29)28-8-4-3-7-22(28)18-34-11-13-38-12-5-14-42-31(38)41/h3-4,7-8,15-16,19-20,24,27,34,36H,2,5-6,9-14,17-18H2,1H3,(H,37,40)/t24-,27-/m0/s1. The molecule has 0 spiro atoms. The zero-order valence-electron chi connectivity index (χ0n) is 23.9. The SMILES string of the molecule is CCC[C@H](N[C@H]1CCc2cc(F)cc(F)c2C1)C(=O)Nc1cn(-c2ccccc2CNCCN2CCCOC2=O)cn1. The Bertz CT molecular complexity index is 1400. The molecule has 3 aromatic rings. The quantitative estimate of drug-likeness (QED) is 0.276. The van der Waals surface area contributed by atoms with Gasteiger partial charge in [0.15, 0.2) is 5.82 Å². The number of hydrogen-bond acceptors (Lipinski definition) is 6. The molecular formula is C31H38F2N6O3. The zero-order chi connectivity index (χ0) is 29.5. The maximum absolute atomic E-state index is 14.4. The molecule has 9 nitrogen and oxygen atoms in total. The van der Waals surface area contributed by atoms with Crippen LogP contribution in [-0.4, -0.2) is 64.8 Å². The predicted octanol–water partition coefficient (Wildman–Crippen LogP) is 4.34. The van der Waals surface area contributed by atoms with Crippen LogP contribution in [0.1, 0.15) is 49.3 Å². The van der Waals surface area contributed by atoms with Crippen LogP contribution in [-0.2, 0) is 28.9 Å². The monoisotopic (exact) mass is 580 g/mol. The Hall–Kier alpha value is -3.83. The molecular weight excluding hydrogens is 542 g/mol. The average molecular weight is 581 g/mol. The molecule has 2 aliphatic rings. The largest absolute Gasteiger partial charge is 0.449 e. The highest BCUT2D eigenvalue weighted by Crippen LogP contribution is 2.26. The van der Waals surface area contributed by atoms with Gasteiger partial charge < -0.3 is 30.2 Å². The summed E-state index contributed by atoms with van der Waals surface area (Å²) in [6, 6.07) is 9.70. The van der Waals surface area contributed by atoms with E-state index in [-0.39, 0.29) is 18.0 Å². The van der Waals surface area contributed by atoms with Gasteiger partial charge in [-0.05, 0) is 60.9 Å². The van der Waals surface area contributed by atoms with Gasteiger partial charge in [0.25, 0.3) is 0 Å². The van der Waals surface area contributed by atoms with Crippen LogP contribution in [0, 0.1) is 11.6 Å². The summed E-state index contributed by atoms with van der Waals surface area (Å²) in [5, 5.41) is 9.75. The summed E-state index contributed by atoms with van der Waals surface area (Å²) in [5.74, 6) is -0.843. The predicted molar refractivity (Wildman–Crippen MR) is 155 cm³/mol. The van der Waals surface area contributed by atoms with Crippen molar-refractivity contribution in [1.29, 1.82) is 0 Å². The number of aromatic nitrogens is 2. The fourth-order valence-electron chi connectivity index (χ4n) is 5.67. The number of imidazole rings is 1. The normalized spacial score (nSPS) is 17.5. The molecule has 2 aromatic carbocycles. The summed E-state index contributed by atoms with van der Waals surface area (Å²) >= 11 is 0. The average Bonchev–Trinajstić information content (AvgIpc) is 3.44. The van der Waals surface area contributed by atoms with E-state index in [0.717, 1.165) is 30.2 Å². The number of amides is 2. The third-order valence-corrected chi connectivity index (χ3v) is 7.83. The Labute approximate surface area is 244 Å². The van der Waals surface area contributed by atoms with Gasteiger partial charge in [-0.25, -0.2) is 18.6 Å². The lowest BCUT2D eigenvalue weighted by Crippen LogP contribution is -2.48. The lowest BCUT2D eigenvalue weighted by atomic mass is 9.87. The molecule has 3 N–H and O–H groups in total. The minimum atomic E-state index is -0.555. The van der Waals surface area contributed by atoms with Crippen LogP contribution in [0.2, 0.25) is 0 Å². The third kappa shape index (κ3) is 7.32. The lowest BCUT2D eigenvalue weighted by Gasteiger charge is -2.29. The minimum Gasteiger partial charge on any atom is -0.449 e. The van der Waals surface area contributed by atoms with Crippen LogP contribution in [0.4, 0.5) is 19.4 Å². The van der Waals surface area contributed by atoms with Gasteiger partial charge in [0.1, 0.15) is 18.0 Å². The number of halogens is 2. The summed E-state index contributed by atoms with van der Waals surface area (Å²) in [4.78, 5) is 31.2. The van der Waals surface area contributed by atoms with E-state index < -0.39 is 17.7 Å². The number of fused-ring (bicyclic) bond motifs is 1. The van der Waals surface area contributed by atoms with E-state index in [2.05, 4.69) is 20.9 Å². The van der Waals surface area contributed by atoms with Crippen molar-refractivity contribution in [1.82, 2.24) is 25.1 Å². The van der Waals surface area contributed by atoms with Crippen molar-refractivity contribution in [3.63, 3.8) is 0 Å². The number of para-hydroxylation sites is 1. The molecule has 2 amide bonds. The number of hydrogen-bond donors (Lipinski definition) is 3. The Kier molecular flexibility index (Phi) is 9.81. The van der Waals surface area contributed by atoms with Crippen molar-refractivity contribution >= 4 is 17.8 Å². The Morgan fingerprint density at radius 2 is 2.10 bits per heavy atom. The molecule has 1 aromatic heterocycles. The molecule has 1 saturated heterocycles. The van der Waals surface area contributed by atoms with E-state index in [0.29, 0.717) is 75.4 Å². The second-order valence-electron chi connectivity index (χ2n) is 10.9. The lowest BCUT2D eigenvalue weighted by molar-refractivity contribution is -0.118. The first-order valence-corrected chi connectivity index (χ1v) is 14.7. The fourth-order valence-corrected chi connectivity index (χ4v) is 5.67. The number of aryl methyl sites for hydroxylation is 1. The Balaban J connectivity index is 1.17. The first kappa shape index (κ1) is 29.7. The van der Waals surface area contributed by atoms with E-state index >= 15 is 0 Å². The van der Waals surface area contributed by atoms with Crippen molar-refractivity contribution in [3.05, 3.63) is 77.2 Å². The van der Waals surface area contributed by atoms with Crippen molar-refractivity contribution in [2.75, 3.05) is 31.6 Å². The number of rotatable bonds is 12. The molecule has 0 radical (unpaired) electrons. The van der Waals surface area contributed by atoms with Crippen LogP contribution in [0.3, 0.4) is 0 Å². The molecule has 1 aliphatic carbocycles. The molecule has 2 heterocycles. The number of cyclic esters (lactones) is 1. The number of carbonyl (C=O) groups excluding carboxylic acids is 2. The third-order valence-electron chi connectivity index (χ3n) is 7.83. The summed E-state index contributed by atoms with van der Waals surface area (Å²) in [5.41, 5.74) is 3.20. The molecule has 5 rings (SSSR count). The molecule has 1 aliphatic heterocycles. The number of carbonyl (C=O) groups is 2. The molecule has 224 valence electrons. The van der Waals surface area contributed by atoms with Gasteiger partial charge in [0.2, 0.25) is 5.91 Å². The van der Waals surface area contributed by atoms with Crippen molar-refractivity contribution in [2.24, 2.45) is 0 Å². The van der Waals surface area contributed by atoms with Gasteiger partial charge in [-0.15, -0.1) is 0 Å². The van der Waals surface area contributed by atoms with Crippen LogP contribution in [0.15, 0.2) is 48.9 Å². The molecule has 42 heavy (non-hydrogen) atoms. The summed E-state index contributed by atoms with van der Waals surface area (Å²) in [6.07, 6.45) is 7.12. The first-order chi connectivity index (χ1) is 20.4. The van der Waals surface area contributed by atoms with Crippen LogP contribution < -0.4 is 16.0 Å². The van der Waals surface area contributed by atoms with Crippen molar-refractivity contribution in [3.8, 4) is 5.69 Å². The Morgan fingerprint density at radius 3 is 2.93 bits per heavy atom. The second-order valence-corrected chi connectivity index (χ2v) is 10.9. The maximum Gasteiger partial charge on any atom is 0.409 e. The Morgan fingerprint density at radius 1 is 1.24 bits per heavy atom. The molecule has 0 saturated carbocycles. The number of nitrogens with zero attached hydrogens (tertiary/aromatic N) is 3. The van der Waals surface area contributed by atoms with Gasteiger partial charge in [-0.2, -0.15) is 0 Å². The van der Waals surface area contributed by atoms with Crippen molar-refractivity contribution in [2.45, 2.75) is 64.1 Å². The number of nitrogens with one attached hydrogen (secondary N) is 3. The molecule has 2 atom stereocenters. The van der Waals surface area contributed by atoms with Crippen LogP contribution in [0.5, 0.6) is 0 Å². The number of anilines is 1. The molecule has 1 fully saturated rings. The zero-order valence-corrected chi connectivity index (χ0v) is 23.9. The van der Waals surface area contributed by atoms with Crippen molar-refractivity contribution < 1.29 is 23.1 Å². The van der Waals surface area contributed by atoms with Crippen LogP contribution in [0.25, 0.3) is 5.69 Å². The van der Waals surface area contributed by atoms with Gasteiger partial charge in [-0.3, -0.25) is 4.79 Å². The van der Waals surface area contributed by atoms with Gasteiger partial charge in [0, 0.05) is 38.3 Å². The van der Waals surface area contributed by atoms with Gasteiger partial charge in [-0.1, -0.05) is 31.5 Å². The second kappa shape index (κ2) is 13.9. The van der Waals surface area contributed by atoms with Gasteiger partial charge in [0.05, 0.1) is 24.5 Å². The minimum absolute atomic E-state index is 0.0859. The van der Waals surface area contributed by atoms with E-state index in [4.69, 9.17) is 4.74 Å². The number of ether oxygens (including phenoxy) is 1. The van der Waals surface area contributed by atoms with Crippen LogP contribution >= 0.6 is 0 Å². The fraction of sp³-hybridized carbons (Fsp3) is 0.452. The highest BCUT2D eigenvalue weighted by atomic mass is 19.1. The van der Waals surface area contributed by atoms with Gasteiger partial charge >= 0.3 is 6.09 Å².